The molecule has 2 heterocycles. The lowest BCUT2D eigenvalue weighted by Crippen LogP contribution is -2.27. The number of carbonyl (C=O) groups excluding carboxylic acids is 1. The van der Waals surface area contributed by atoms with Crippen LogP contribution >= 0.6 is 11.3 Å². The Morgan fingerprint density at radius 3 is 2.61 bits per heavy atom. The number of nitrogens with one attached hydrogen (secondary N) is 1. The first-order valence-electron chi connectivity index (χ1n) is 7.44. The molecule has 2 aromatic rings. The first kappa shape index (κ1) is 16.2. The van der Waals surface area contributed by atoms with Crippen LogP contribution in [0.2, 0.25) is 0 Å². The Balaban J connectivity index is 1.79. The number of sulfonamides is 1. The van der Waals surface area contributed by atoms with Gasteiger partial charge >= 0.3 is 0 Å². The fraction of sp³-hybridized carbons (Fsp3) is 0.312. The molecule has 1 aliphatic heterocycles. The standard InChI is InChI=1S/C16H18N2O3S2/c1-12-6-2-3-7-14(12)17-16(19)15-10-13(11-22-15)23(20,21)18-8-4-5-9-18/h2-3,6-7,10-11H,4-5,8-9H2,1H3,(H,17,19). The summed E-state index contributed by atoms with van der Waals surface area (Å²) < 4.78 is 26.5. The highest BCUT2D eigenvalue weighted by atomic mass is 32.2. The largest absolute Gasteiger partial charge is 0.321 e. The summed E-state index contributed by atoms with van der Waals surface area (Å²) in [6.07, 6.45) is 1.79. The van der Waals surface area contributed by atoms with Gasteiger partial charge in [0.2, 0.25) is 10.0 Å². The molecule has 0 saturated carbocycles. The SMILES string of the molecule is Cc1ccccc1NC(=O)c1cc(S(=O)(=O)N2CCCC2)cs1. The molecule has 1 fully saturated rings. The smallest absolute Gasteiger partial charge is 0.265 e. The van der Waals surface area contributed by atoms with Crippen molar-refractivity contribution in [3.8, 4) is 0 Å². The number of thiophene rings is 1. The van der Waals surface area contributed by atoms with Crippen LogP contribution in [-0.2, 0) is 10.0 Å². The zero-order valence-electron chi connectivity index (χ0n) is 12.8. The molecule has 122 valence electrons. The molecule has 7 heteroatoms. The summed E-state index contributed by atoms with van der Waals surface area (Å²) in [7, 11) is -3.47. The van der Waals surface area contributed by atoms with Crippen molar-refractivity contribution in [3.63, 3.8) is 0 Å². The Hall–Kier alpha value is -1.70. The maximum absolute atomic E-state index is 12.5. The molecule has 3 rings (SSSR count). The van der Waals surface area contributed by atoms with Crippen molar-refractivity contribution in [1.29, 1.82) is 0 Å². The lowest BCUT2D eigenvalue weighted by atomic mass is 10.2. The van der Waals surface area contributed by atoms with Crippen LogP contribution in [0.4, 0.5) is 5.69 Å². The number of carbonyl (C=O) groups is 1. The minimum absolute atomic E-state index is 0.208. The second-order valence-electron chi connectivity index (χ2n) is 5.53. The lowest BCUT2D eigenvalue weighted by molar-refractivity contribution is 0.103. The van der Waals surface area contributed by atoms with Crippen molar-refractivity contribution in [2.24, 2.45) is 0 Å². The van der Waals surface area contributed by atoms with Crippen LogP contribution in [-0.4, -0.2) is 31.7 Å². The van der Waals surface area contributed by atoms with Crippen molar-refractivity contribution in [3.05, 3.63) is 46.2 Å². The fourth-order valence-electron chi connectivity index (χ4n) is 2.55. The van der Waals surface area contributed by atoms with Crippen molar-refractivity contribution >= 4 is 33.0 Å². The molecule has 1 aromatic heterocycles. The zero-order chi connectivity index (χ0) is 16.4. The summed E-state index contributed by atoms with van der Waals surface area (Å²) in [6, 6.07) is 8.94. The van der Waals surface area contributed by atoms with Crippen molar-refractivity contribution in [2.45, 2.75) is 24.7 Å². The van der Waals surface area contributed by atoms with Crippen LogP contribution in [0.15, 0.2) is 40.6 Å². The number of rotatable bonds is 4. The summed E-state index contributed by atoms with van der Waals surface area (Å²) >= 11 is 1.15. The Morgan fingerprint density at radius 2 is 1.91 bits per heavy atom. The first-order valence-corrected chi connectivity index (χ1v) is 9.76. The lowest BCUT2D eigenvalue weighted by Gasteiger charge is -2.13. The third kappa shape index (κ3) is 3.31. The number of nitrogens with zero attached hydrogens (tertiary/aromatic N) is 1. The Kier molecular flexibility index (Phi) is 4.52. The maximum atomic E-state index is 12.5. The van der Waals surface area contributed by atoms with E-state index in [0.717, 1.165) is 35.4 Å². The van der Waals surface area contributed by atoms with E-state index in [2.05, 4.69) is 5.32 Å². The van der Waals surface area contributed by atoms with Crippen molar-refractivity contribution in [1.82, 2.24) is 4.31 Å². The van der Waals surface area contributed by atoms with Crippen LogP contribution in [0.25, 0.3) is 0 Å². The van der Waals surface area contributed by atoms with Crippen LogP contribution < -0.4 is 5.32 Å². The molecular weight excluding hydrogens is 332 g/mol. The molecule has 1 aliphatic rings. The van der Waals surface area contributed by atoms with E-state index in [1.165, 1.54) is 10.4 Å². The van der Waals surface area contributed by atoms with Gasteiger partial charge in [0.1, 0.15) is 0 Å². The summed E-state index contributed by atoms with van der Waals surface area (Å²) in [4.78, 5) is 12.9. The molecule has 0 bridgehead atoms. The number of anilines is 1. The molecule has 1 aromatic carbocycles. The van der Waals surface area contributed by atoms with Gasteiger partial charge in [-0.25, -0.2) is 8.42 Å². The van der Waals surface area contributed by atoms with Crippen LogP contribution in [0, 0.1) is 6.92 Å². The second kappa shape index (κ2) is 6.43. The Bertz CT molecular complexity index is 821. The number of para-hydroxylation sites is 1. The minimum Gasteiger partial charge on any atom is -0.321 e. The van der Waals surface area contributed by atoms with Crippen LogP contribution in [0.3, 0.4) is 0 Å². The highest BCUT2D eigenvalue weighted by Gasteiger charge is 2.28. The molecule has 1 amide bonds. The number of aryl methyl sites for hydroxylation is 1. The zero-order valence-corrected chi connectivity index (χ0v) is 14.4. The molecule has 0 spiro atoms. The normalized spacial score (nSPS) is 15.7. The monoisotopic (exact) mass is 350 g/mol. The molecule has 0 atom stereocenters. The number of benzene rings is 1. The van der Waals surface area contributed by atoms with E-state index in [9.17, 15) is 13.2 Å². The number of amides is 1. The minimum atomic E-state index is -3.47. The molecule has 0 unspecified atom stereocenters. The van der Waals surface area contributed by atoms with Crippen LogP contribution in [0.1, 0.15) is 28.1 Å². The van der Waals surface area contributed by atoms with E-state index in [0.29, 0.717) is 18.0 Å². The van der Waals surface area contributed by atoms with E-state index in [4.69, 9.17) is 0 Å². The second-order valence-corrected chi connectivity index (χ2v) is 8.38. The quantitative estimate of drug-likeness (QED) is 0.921. The molecule has 0 aliphatic carbocycles. The molecule has 5 nitrogen and oxygen atoms in total. The highest BCUT2D eigenvalue weighted by molar-refractivity contribution is 7.89. The van der Waals surface area contributed by atoms with Gasteiger partial charge in [-0.3, -0.25) is 4.79 Å². The predicted octanol–water partition coefficient (Wildman–Crippen LogP) is 3.09. The van der Waals surface area contributed by atoms with Crippen molar-refractivity contribution in [2.75, 3.05) is 18.4 Å². The van der Waals surface area contributed by atoms with E-state index in [1.54, 1.807) is 5.38 Å². The summed E-state index contributed by atoms with van der Waals surface area (Å²) in [5, 5.41) is 4.37. The van der Waals surface area contributed by atoms with Gasteiger partial charge in [0, 0.05) is 24.2 Å². The van der Waals surface area contributed by atoms with Gasteiger partial charge in [0.15, 0.2) is 0 Å². The fourth-order valence-corrected chi connectivity index (χ4v) is 5.22. The van der Waals surface area contributed by atoms with Gasteiger partial charge < -0.3 is 5.32 Å². The predicted molar refractivity (Wildman–Crippen MR) is 91.4 cm³/mol. The topological polar surface area (TPSA) is 66.5 Å². The summed E-state index contributed by atoms with van der Waals surface area (Å²) in [5.41, 5.74) is 1.69. The van der Waals surface area contributed by atoms with Gasteiger partial charge in [-0.1, -0.05) is 18.2 Å². The van der Waals surface area contributed by atoms with Gasteiger partial charge in [-0.15, -0.1) is 11.3 Å². The van der Waals surface area contributed by atoms with E-state index < -0.39 is 10.0 Å². The van der Waals surface area contributed by atoms with Gasteiger partial charge in [-0.05, 0) is 37.5 Å². The molecule has 0 radical (unpaired) electrons. The first-order chi connectivity index (χ1) is 11.0. The summed E-state index contributed by atoms with van der Waals surface area (Å²) in [5.74, 6) is -0.285. The molecule has 1 N–H and O–H groups in total. The highest BCUT2D eigenvalue weighted by Crippen LogP contribution is 2.26. The summed E-state index contributed by atoms with van der Waals surface area (Å²) in [6.45, 7) is 3.03. The van der Waals surface area contributed by atoms with Gasteiger partial charge in [0.25, 0.3) is 5.91 Å². The van der Waals surface area contributed by atoms with E-state index >= 15 is 0 Å². The van der Waals surface area contributed by atoms with E-state index in [1.807, 2.05) is 31.2 Å². The van der Waals surface area contributed by atoms with Gasteiger partial charge in [0.05, 0.1) is 9.77 Å². The van der Waals surface area contributed by atoms with Crippen LogP contribution in [0.5, 0.6) is 0 Å². The molecule has 23 heavy (non-hydrogen) atoms. The Morgan fingerprint density at radius 1 is 1.22 bits per heavy atom. The molecular formula is C16H18N2O3S2. The van der Waals surface area contributed by atoms with Crippen molar-refractivity contribution < 1.29 is 13.2 Å². The molecule has 1 saturated heterocycles. The van der Waals surface area contributed by atoms with E-state index in [-0.39, 0.29) is 10.8 Å². The number of hydrogen-bond donors (Lipinski definition) is 1. The van der Waals surface area contributed by atoms with Gasteiger partial charge in [-0.2, -0.15) is 4.31 Å². The maximum Gasteiger partial charge on any atom is 0.265 e. The third-order valence-corrected chi connectivity index (χ3v) is 6.85. The Labute approximate surface area is 140 Å². The average molecular weight is 350 g/mol. The third-order valence-electron chi connectivity index (χ3n) is 3.90. The number of hydrogen-bond acceptors (Lipinski definition) is 4. The average Bonchev–Trinajstić information content (AvgIpc) is 3.21.